The van der Waals surface area contributed by atoms with E-state index >= 15 is 0 Å². The maximum atomic E-state index is 14.2. The summed E-state index contributed by atoms with van der Waals surface area (Å²) < 4.78 is 72.0. The quantitative estimate of drug-likeness (QED) is 0.607. The molecular formula is C19H13F5N2O3. The van der Waals surface area contributed by atoms with Crippen LogP contribution in [0.4, 0.5) is 22.0 Å². The van der Waals surface area contributed by atoms with Gasteiger partial charge in [-0.2, -0.15) is 13.2 Å². The van der Waals surface area contributed by atoms with E-state index in [1.54, 1.807) is 0 Å². The number of phenols is 1. The molecule has 4 rings (SSSR count). The number of alkyl halides is 3. The summed E-state index contributed by atoms with van der Waals surface area (Å²) in [6, 6.07) is 4.43. The van der Waals surface area contributed by atoms with Gasteiger partial charge < -0.3 is 14.8 Å². The number of carbonyl (C=O) groups is 1. The number of carbonyl (C=O) groups excluding carboxylic acids is 1. The van der Waals surface area contributed by atoms with Crippen molar-refractivity contribution in [1.29, 1.82) is 0 Å². The van der Waals surface area contributed by atoms with E-state index in [1.165, 1.54) is 18.2 Å². The van der Waals surface area contributed by atoms with Gasteiger partial charge in [-0.3, -0.25) is 4.79 Å². The molecule has 0 aliphatic heterocycles. The Morgan fingerprint density at radius 2 is 1.90 bits per heavy atom. The highest BCUT2D eigenvalue weighted by Crippen LogP contribution is 2.40. The third-order valence-electron chi connectivity index (χ3n) is 4.80. The summed E-state index contributed by atoms with van der Waals surface area (Å²) in [7, 11) is 0. The smallest absolute Gasteiger partial charge is 0.419 e. The van der Waals surface area contributed by atoms with Crippen molar-refractivity contribution in [3.63, 3.8) is 0 Å². The Balaban J connectivity index is 1.75. The molecule has 5 nitrogen and oxygen atoms in total. The molecule has 0 atom stereocenters. The maximum Gasteiger partial charge on any atom is 0.419 e. The van der Waals surface area contributed by atoms with Crippen LogP contribution in [0, 0.1) is 11.6 Å². The summed E-state index contributed by atoms with van der Waals surface area (Å²) in [5.74, 6) is -6.46. The molecule has 0 radical (unpaired) electrons. The molecule has 29 heavy (non-hydrogen) atoms. The Hall–Kier alpha value is -3.17. The second-order valence-corrected chi connectivity index (χ2v) is 6.75. The van der Waals surface area contributed by atoms with Gasteiger partial charge in [-0.25, -0.2) is 13.8 Å². The zero-order chi connectivity index (χ0) is 20.9. The molecule has 1 heterocycles. The fourth-order valence-corrected chi connectivity index (χ4v) is 2.99. The van der Waals surface area contributed by atoms with Gasteiger partial charge in [0.05, 0.1) is 11.1 Å². The van der Waals surface area contributed by atoms with Crippen LogP contribution in [0.5, 0.6) is 5.75 Å². The van der Waals surface area contributed by atoms with Gasteiger partial charge in [-0.1, -0.05) is 0 Å². The Bertz CT molecular complexity index is 1120. The van der Waals surface area contributed by atoms with Gasteiger partial charge in [0.25, 0.3) is 5.91 Å². The third kappa shape index (κ3) is 3.39. The van der Waals surface area contributed by atoms with Gasteiger partial charge in [0.1, 0.15) is 5.52 Å². The zero-order valence-corrected chi connectivity index (χ0v) is 14.6. The number of halogens is 5. The van der Waals surface area contributed by atoms with Crippen molar-refractivity contribution in [2.24, 2.45) is 0 Å². The molecule has 0 bridgehead atoms. The second kappa shape index (κ2) is 6.71. The molecule has 0 unspecified atom stereocenters. The van der Waals surface area contributed by atoms with Crippen LogP contribution in [0.25, 0.3) is 22.6 Å². The van der Waals surface area contributed by atoms with E-state index in [4.69, 9.17) is 4.42 Å². The molecule has 2 aromatic carbocycles. The Kier molecular flexibility index (Phi) is 4.44. The SMILES string of the molecule is O=C(NC1CCC1)c1ccc2oc(-c3cc(C(F)(F)F)c(F)c(O)c3F)nc2c1. The second-order valence-electron chi connectivity index (χ2n) is 6.75. The van der Waals surface area contributed by atoms with Crippen LogP contribution >= 0.6 is 0 Å². The predicted molar refractivity (Wildman–Crippen MR) is 91.1 cm³/mol. The van der Waals surface area contributed by atoms with Gasteiger partial charge in [-0.05, 0) is 43.5 Å². The van der Waals surface area contributed by atoms with Crippen molar-refractivity contribution in [2.45, 2.75) is 31.5 Å². The number of amides is 1. The number of oxazole rings is 1. The highest BCUT2D eigenvalue weighted by molar-refractivity contribution is 5.97. The Labute approximate surface area is 160 Å². The molecule has 0 saturated heterocycles. The molecular weight excluding hydrogens is 399 g/mol. The van der Waals surface area contributed by atoms with Crippen molar-refractivity contribution < 1.29 is 36.3 Å². The topological polar surface area (TPSA) is 75.4 Å². The van der Waals surface area contributed by atoms with E-state index in [9.17, 15) is 31.9 Å². The maximum absolute atomic E-state index is 14.2. The molecule has 10 heteroatoms. The van der Waals surface area contributed by atoms with Crippen molar-refractivity contribution in [2.75, 3.05) is 0 Å². The average Bonchev–Trinajstić information content (AvgIpc) is 3.04. The van der Waals surface area contributed by atoms with Crippen molar-refractivity contribution in [3.05, 3.63) is 47.0 Å². The first-order chi connectivity index (χ1) is 13.6. The molecule has 1 fully saturated rings. The number of nitrogens with zero attached hydrogens (tertiary/aromatic N) is 1. The zero-order valence-electron chi connectivity index (χ0n) is 14.6. The number of phenolic OH excluding ortho intramolecular Hbond substituents is 1. The lowest BCUT2D eigenvalue weighted by Crippen LogP contribution is -2.39. The van der Waals surface area contributed by atoms with Crippen LogP contribution in [0.2, 0.25) is 0 Å². The van der Waals surface area contributed by atoms with Crippen LogP contribution in [0.3, 0.4) is 0 Å². The van der Waals surface area contributed by atoms with Crippen LogP contribution in [0.15, 0.2) is 28.7 Å². The molecule has 3 aromatic rings. The lowest BCUT2D eigenvalue weighted by Gasteiger charge is -2.26. The summed E-state index contributed by atoms with van der Waals surface area (Å²) in [5.41, 5.74) is -2.28. The molecule has 152 valence electrons. The first-order valence-electron chi connectivity index (χ1n) is 8.65. The number of benzene rings is 2. The molecule has 0 spiro atoms. The Morgan fingerprint density at radius 1 is 1.17 bits per heavy atom. The van der Waals surface area contributed by atoms with Crippen LogP contribution < -0.4 is 5.32 Å². The van der Waals surface area contributed by atoms with Gasteiger partial charge in [0.2, 0.25) is 5.89 Å². The molecule has 1 aliphatic rings. The van der Waals surface area contributed by atoms with E-state index < -0.39 is 40.6 Å². The normalized spacial score (nSPS) is 14.8. The summed E-state index contributed by atoms with van der Waals surface area (Å²) in [6.45, 7) is 0. The largest absolute Gasteiger partial charge is 0.503 e. The number of aromatic nitrogens is 1. The monoisotopic (exact) mass is 412 g/mol. The number of fused-ring (bicyclic) bond motifs is 1. The first-order valence-corrected chi connectivity index (χ1v) is 8.65. The van der Waals surface area contributed by atoms with Crippen molar-refractivity contribution in [1.82, 2.24) is 10.3 Å². The first kappa shape index (κ1) is 19.2. The number of aromatic hydroxyl groups is 1. The fraction of sp³-hybridized carbons (Fsp3) is 0.263. The standard InChI is InChI=1S/C19H13F5N2O3/c20-14-10(7-11(19(22,23)24)15(21)16(14)27)18-26-12-6-8(4-5-13(12)29-18)17(28)25-9-2-1-3-9/h4-7,9,27H,1-3H2,(H,25,28). The van der Waals surface area contributed by atoms with E-state index in [-0.39, 0.29) is 34.7 Å². The predicted octanol–water partition coefficient (Wildman–Crippen LogP) is 4.78. The van der Waals surface area contributed by atoms with E-state index in [0.29, 0.717) is 0 Å². The molecule has 1 amide bonds. The van der Waals surface area contributed by atoms with Gasteiger partial charge in [0, 0.05) is 11.6 Å². The lowest BCUT2D eigenvalue weighted by molar-refractivity contribution is -0.140. The highest BCUT2D eigenvalue weighted by atomic mass is 19.4. The molecule has 1 aromatic heterocycles. The van der Waals surface area contributed by atoms with Crippen molar-refractivity contribution in [3.8, 4) is 17.2 Å². The van der Waals surface area contributed by atoms with E-state index in [0.717, 1.165) is 19.3 Å². The van der Waals surface area contributed by atoms with Crippen LogP contribution in [-0.2, 0) is 6.18 Å². The molecule has 1 saturated carbocycles. The van der Waals surface area contributed by atoms with Gasteiger partial charge in [0.15, 0.2) is 23.0 Å². The summed E-state index contributed by atoms with van der Waals surface area (Å²) in [4.78, 5) is 16.1. The number of nitrogens with one attached hydrogen (secondary N) is 1. The minimum atomic E-state index is -5.16. The number of rotatable bonds is 3. The van der Waals surface area contributed by atoms with E-state index in [1.807, 2.05) is 0 Å². The summed E-state index contributed by atoms with van der Waals surface area (Å²) in [6.07, 6.45) is -2.36. The van der Waals surface area contributed by atoms with Crippen LogP contribution in [-0.4, -0.2) is 22.0 Å². The van der Waals surface area contributed by atoms with Gasteiger partial charge >= 0.3 is 6.18 Å². The fourth-order valence-electron chi connectivity index (χ4n) is 2.99. The number of hydrogen-bond donors (Lipinski definition) is 2. The molecule has 1 aliphatic carbocycles. The summed E-state index contributed by atoms with van der Waals surface area (Å²) in [5, 5.41) is 12.3. The van der Waals surface area contributed by atoms with Crippen molar-refractivity contribution >= 4 is 17.0 Å². The third-order valence-corrected chi connectivity index (χ3v) is 4.80. The highest BCUT2D eigenvalue weighted by Gasteiger charge is 2.38. The van der Waals surface area contributed by atoms with Crippen LogP contribution in [0.1, 0.15) is 35.2 Å². The average molecular weight is 412 g/mol. The summed E-state index contributed by atoms with van der Waals surface area (Å²) >= 11 is 0. The lowest BCUT2D eigenvalue weighted by atomic mass is 9.93. The molecule has 2 N–H and O–H groups in total. The number of hydrogen-bond acceptors (Lipinski definition) is 4. The minimum Gasteiger partial charge on any atom is -0.503 e. The minimum absolute atomic E-state index is 0.0805. The van der Waals surface area contributed by atoms with Gasteiger partial charge in [-0.15, -0.1) is 0 Å². The van der Waals surface area contributed by atoms with E-state index in [2.05, 4.69) is 10.3 Å². The Morgan fingerprint density at radius 3 is 2.52 bits per heavy atom.